The molecule has 110 valence electrons. The first-order chi connectivity index (χ1) is 10.8. The summed E-state index contributed by atoms with van der Waals surface area (Å²) in [7, 11) is 0. The topological polar surface area (TPSA) is 9.23 Å². The molecule has 0 aliphatic carbocycles. The smallest absolute Gasteiger partial charge is 0.130 e. The van der Waals surface area contributed by atoms with Crippen LogP contribution >= 0.6 is 0 Å². The Balaban J connectivity index is 2.29. The highest BCUT2D eigenvalue weighted by Crippen LogP contribution is 2.41. The molecule has 0 N–H and O–H groups in total. The van der Waals surface area contributed by atoms with Crippen LogP contribution in [-0.4, -0.2) is 6.61 Å². The molecule has 1 nitrogen and oxygen atoms in total. The zero-order valence-corrected chi connectivity index (χ0v) is 13.0. The lowest BCUT2D eigenvalue weighted by Crippen LogP contribution is -1.98. The lowest BCUT2D eigenvalue weighted by Gasteiger charge is -2.18. The molecular weight excluding hydrogens is 268 g/mol. The predicted molar refractivity (Wildman–Crippen MR) is 93.2 cm³/mol. The summed E-state index contributed by atoms with van der Waals surface area (Å²) in [6.07, 6.45) is 0. The van der Waals surface area contributed by atoms with E-state index in [0.717, 1.165) is 5.75 Å². The van der Waals surface area contributed by atoms with Gasteiger partial charge in [-0.1, -0.05) is 72.8 Å². The van der Waals surface area contributed by atoms with Crippen LogP contribution in [-0.2, 0) is 0 Å². The van der Waals surface area contributed by atoms with Gasteiger partial charge in [0.1, 0.15) is 5.75 Å². The standard InChI is InChI=1S/C21H20O/c1-3-22-21-16(2)14-15-19(17-10-6-4-7-11-17)20(21)18-12-8-5-9-13-18/h4-15H,3H2,1-2H3. The summed E-state index contributed by atoms with van der Waals surface area (Å²) in [5.41, 5.74) is 5.95. The average Bonchev–Trinajstić information content (AvgIpc) is 2.58. The molecule has 0 atom stereocenters. The third kappa shape index (κ3) is 2.75. The van der Waals surface area contributed by atoms with Crippen molar-refractivity contribution in [1.29, 1.82) is 0 Å². The van der Waals surface area contributed by atoms with Gasteiger partial charge < -0.3 is 4.74 Å². The summed E-state index contributed by atoms with van der Waals surface area (Å²) < 4.78 is 5.98. The fourth-order valence-corrected chi connectivity index (χ4v) is 2.77. The average molecular weight is 288 g/mol. The van der Waals surface area contributed by atoms with Crippen molar-refractivity contribution < 1.29 is 4.74 Å². The normalized spacial score (nSPS) is 10.5. The second-order valence-corrected chi connectivity index (χ2v) is 5.30. The van der Waals surface area contributed by atoms with Crippen molar-refractivity contribution in [3.63, 3.8) is 0 Å². The van der Waals surface area contributed by atoms with Crippen molar-refractivity contribution >= 4 is 0 Å². The Bertz CT molecular complexity index is 746. The first kappa shape index (κ1) is 14.4. The van der Waals surface area contributed by atoms with Crippen LogP contribution in [0, 0.1) is 6.92 Å². The molecule has 0 spiro atoms. The van der Waals surface area contributed by atoms with Gasteiger partial charge in [-0.15, -0.1) is 0 Å². The molecule has 0 aliphatic rings. The van der Waals surface area contributed by atoms with Gasteiger partial charge in [0.25, 0.3) is 0 Å². The SMILES string of the molecule is CCOc1c(C)ccc(-c2ccccc2)c1-c1ccccc1. The van der Waals surface area contributed by atoms with Gasteiger partial charge in [-0.05, 0) is 36.1 Å². The second-order valence-electron chi connectivity index (χ2n) is 5.30. The molecule has 0 saturated heterocycles. The van der Waals surface area contributed by atoms with Gasteiger partial charge >= 0.3 is 0 Å². The molecule has 0 radical (unpaired) electrons. The van der Waals surface area contributed by atoms with Gasteiger partial charge in [-0.3, -0.25) is 0 Å². The van der Waals surface area contributed by atoms with E-state index in [1.807, 2.05) is 19.1 Å². The summed E-state index contributed by atoms with van der Waals surface area (Å²) in [6, 6.07) is 25.3. The van der Waals surface area contributed by atoms with E-state index in [1.165, 1.54) is 27.8 Å². The quantitative estimate of drug-likeness (QED) is 0.596. The molecule has 0 bridgehead atoms. The lowest BCUT2D eigenvalue weighted by atomic mass is 9.92. The summed E-state index contributed by atoms with van der Waals surface area (Å²) in [6.45, 7) is 4.80. The summed E-state index contributed by atoms with van der Waals surface area (Å²) in [4.78, 5) is 0. The first-order valence-corrected chi connectivity index (χ1v) is 7.68. The van der Waals surface area contributed by atoms with Crippen molar-refractivity contribution in [2.75, 3.05) is 6.61 Å². The number of hydrogen-bond acceptors (Lipinski definition) is 1. The fourth-order valence-electron chi connectivity index (χ4n) is 2.77. The van der Waals surface area contributed by atoms with Crippen molar-refractivity contribution in [3.05, 3.63) is 78.4 Å². The maximum absolute atomic E-state index is 5.98. The largest absolute Gasteiger partial charge is 0.493 e. The Kier molecular flexibility index (Phi) is 4.24. The molecule has 0 fully saturated rings. The molecule has 0 heterocycles. The molecular formula is C21H20O. The number of rotatable bonds is 4. The van der Waals surface area contributed by atoms with E-state index < -0.39 is 0 Å². The van der Waals surface area contributed by atoms with Crippen LogP contribution in [0.1, 0.15) is 12.5 Å². The van der Waals surface area contributed by atoms with Crippen molar-refractivity contribution in [2.24, 2.45) is 0 Å². The van der Waals surface area contributed by atoms with Gasteiger partial charge in [0.15, 0.2) is 0 Å². The minimum Gasteiger partial charge on any atom is -0.493 e. The lowest BCUT2D eigenvalue weighted by molar-refractivity contribution is 0.339. The van der Waals surface area contributed by atoms with Crippen LogP contribution < -0.4 is 4.74 Å². The zero-order valence-electron chi connectivity index (χ0n) is 13.0. The van der Waals surface area contributed by atoms with E-state index >= 15 is 0 Å². The number of benzene rings is 3. The van der Waals surface area contributed by atoms with E-state index in [2.05, 4.69) is 67.6 Å². The number of aryl methyl sites for hydroxylation is 1. The van der Waals surface area contributed by atoms with E-state index in [1.54, 1.807) is 0 Å². The van der Waals surface area contributed by atoms with E-state index in [9.17, 15) is 0 Å². The van der Waals surface area contributed by atoms with Crippen LogP contribution in [0.4, 0.5) is 0 Å². The maximum Gasteiger partial charge on any atom is 0.130 e. The molecule has 0 unspecified atom stereocenters. The van der Waals surface area contributed by atoms with E-state index in [4.69, 9.17) is 4.74 Å². The Hall–Kier alpha value is -2.54. The number of hydrogen-bond donors (Lipinski definition) is 0. The molecule has 0 aromatic heterocycles. The van der Waals surface area contributed by atoms with Crippen LogP contribution in [0.25, 0.3) is 22.3 Å². The Labute approximate surface area is 132 Å². The minimum atomic E-state index is 0.666. The van der Waals surface area contributed by atoms with Crippen molar-refractivity contribution in [1.82, 2.24) is 0 Å². The molecule has 3 aromatic rings. The third-order valence-corrected chi connectivity index (χ3v) is 3.79. The molecule has 3 aromatic carbocycles. The fraction of sp³-hybridized carbons (Fsp3) is 0.143. The number of ether oxygens (including phenoxy) is 1. The third-order valence-electron chi connectivity index (χ3n) is 3.79. The Morgan fingerprint density at radius 3 is 1.91 bits per heavy atom. The molecule has 1 heteroatoms. The molecule has 3 rings (SSSR count). The Morgan fingerprint density at radius 2 is 1.32 bits per heavy atom. The molecule has 0 aliphatic heterocycles. The molecule has 0 amide bonds. The monoisotopic (exact) mass is 288 g/mol. The molecule has 22 heavy (non-hydrogen) atoms. The highest BCUT2D eigenvalue weighted by atomic mass is 16.5. The molecule has 0 saturated carbocycles. The summed E-state index contributed by atoms with van der Waals surface area (Å²) >= 11 is 0. The van der Waals surface area contributed by atoms with Crippen LogP contribution in [0.15, 0.2) is 72.8 Å². The maximum atomic E-state index is 5.98. The van der Waals surface area contributed by atoms with Gasteiger partial charge in [-0.25, -0.2) is 0 Å². The zero-order chi connectivity index (χ0) is 15.4. The minimum absolute atomic E-state index is 0.666. The van der Waals surface area contributed by atoms with Gasteiger partial charge in [0.2, 0.25) is 0 Å². The van der Waals surface area contributed by atoms with Gasteiger partial charge in [0.05, 0.1) is 6.61 Å². The van der Waals surface area contributed by atoms with Crippen LogP contribution in [0.5, 0.6) is 5.75 Å². The van der Waals surface area contributed by atoms with Crippen molar-refractivity contribution in [3.8, 4) is 28.0 Å². The van der Waals surface area contributed by atoms with Crippen LogP contribution in [0.2, 0.25) is 0 Å². The highest BCUT2D eigenvalue weighted by molar-refractivity contribution is 5.88. The van der Waals surface area contributed by atoms with Crippen molar-refractivity contribution in [2.45, 2.75) is 13.8 Å². The van der Waals surface area contributed by atoms with E-state index in [0.29, 0.717) is 6.61 Å². The van der Waals surface area contributed by atoms with Gasteiger partial charge in [0, 0.05) is 5.56 Å². The Morgan fingerprint density at radius 1 is 0.727 bits per heavy atom. The summed E-state index contributed by atoms with van der Waals surface area (Å²) in [5, 5.41) is 0. The van der Waals surface area contributed by atoms with E-state index in [-0.39, 0.29) is 0 Å². The van der Waals surface area contributed by atoms with Crippen LogP contribution in [0.3, 0.4) is 0 Å². The predicted octanol–water partition coefficient (Wildman–Crippen LogP) is 5.73. The highest BCUT2D eigenvalue weighted by Gasteiger charge is 2.15. The first-order valence-electron chi connectivity index (χ1n) is 7.68. The second kappa shape index (κ2) is 6.48. The summed E-state index contributed by atoms with van der Waals surface area (Å²) in [5.74, 6) is 0.982. The van der Waals surface area contributed by atoms with Gasteiger partial charge in [-0.2, -0.15) is 0 Å².